The Morgan fingerprint density at radius 1 is 1.33 bits per heavy atom. The Hall–Kier alpha value is -2.54. The number of halogens is 1. The number of fused-ring (bicyclic) bond motifs is 1. The van der Waals surface area contributed by atoms with Crippen molar-refractivity contribution < 1.29 is 4.79 Å². The van der Waals surface area contributed by atoms with Gasteiger partial charge in [-0.25, -0.2) is 4.98 Å². The number of carbonyl (C=O) groups excluding carboxylic acids is 1. The van der Waals surface area contributed by atoms with Gasteiger partial charge in [-0.2, -0.15) is 5.21 Å². The fourth-order valence-corrected chi connectivity index (χ4v) is 2.24. The third kappa shape index (κ3) is 2.43. The molecule has 3 rings (SSSR count). The van der Waals surface area contributed by atoms with E-state index in [2.05, 4.69) is 30.9 Å². The Kier molecular flexibility index (Phi) is 3.26. The molecule has 0 aliphatic heterocycles. The number of H-pyrrole nitrogens is 1. The first kappa shape index (κ1) is 13.4. The maximum Gasteiger partial charge on any atom is 0.276 e. The van der Waals surface area contributed by atoms with Gasteiger partial charge in [0.1, 0.15) is 5.69 Å². The molecule has 0 aliphatic carbocycles. The van der Waals surface area contributed by atoms with Crippen LogP contribution in [0, 0.1) is 13.8 Å². The summed E-state index contributed by atoms with van der Waals surface area (Å²) < 4.78 is 0. The van der Waals surface area contributed by atoms with Gasteiger partial charge in [-0.05, 0) is 36.3 Å². The van der Waals surface area contributed by atoms with Crippen LogP contribution in [-0.4, -0.2) is 31.5 Å². The number of tetrazole rings is 1. The number of amides is 1. The summed E-state index contributed by atoms with van der Waals surface area (Å²) in [6.07, 6.45) is 0. The molecule has 0 atom stereocenters. The molecule has 106 valence electrons. The molecule has 7 nitrogen and oxygen atoms in total. The minimum atomic E-state index is -0.443. The Balaban J connectivity index is 2.07. The highest BCUT2D eigenvalue weighted by molar-refractivity contribution is 6.35. The Labute approximate surface area is 124 Å². The zero-order chi connectivity index (χ0) is 15.0. The number of nitrogens with zero attached hydrogens (tertiary/aromatic N) is 4. The number of aryl methyl sites for hydroxylation is 2. The SMILES string of the molecule is Cc1ccc2c(Cl)cc(C(=O)Nc3nn[nH]n3)nc2c1C. The van der Waals surface area contributed by atoms with Gasteiger partial charge in [-0.15, -0.1) is 5.10 Å². The van der Waals surface area contributed by atoms with Crippen LogP contribution in [-0.2, 0) is 0 Å². The number of aromatic amines is 1. The first-order chi connectivity index (χ1) is 10.1. The highest BCUT2D eigenvalue weighted by Gasteiger charge is 2.14. The molecule has 21 heavy (non-hydrogen) atoms. The zero-order valence-electron chi connectivity index (χ0n) is 11.3. The Bertz CT molecular complexity index is 830. The number of rotatable bonds is 2. The molecular formula is C13H11ClN6O. The molecule has 1 amide bonds. The molecule has 2 N–H and O–H groups in total. The van der Waals surface area contributed by atoms with Crippen LogP contribution < -0.4 is 5.32 Å². The first-order valence-corrected chi connectivity index (χ1v) is 6.55. The number of carbonyl (C=O) groups is 1. The van der Waals surface area contributed by atoms with Crippen LogP contribution in [0.3, 0.4) is 0 Å². The second-order valence-corrected chi connectivity index (χ2v) is 4.99. The minimum Gasteiger partial charge on any atom is -0.286 e. The molecule has 0 radical (unpaired) electrons. The summed E-state index contributed by atoms with van der Waals surface area (Å²) in [4.78, 5) is 16.5. The quantitative estimate of drug-likeness (QED) is 0.757. The number of anilines is 1. The lowest BCUT2D eigenvalue weighted by molar-refractivity contribution is 0.102. The predicted molar refractivity (Wildman–Crippen MR) is 78.4 cm³/mol. The maximum atomic E-state index is 12.2. The van der Waals surface area contributed by atoms with Gasteiger partial charge in [0.25, 0.3) is 11.9 Å². The molecule has 2 aromatic heterocycles. The largest absolute Gasteiger partial charge is 0.286 e. The number of nitrogens with one attached hydrogen (secondary N) is 2. The van der Waals surface area contributed by atoms with Gasteiger partial charge in [0.15, 0.2) is 0 Å². The van der Waals surface area contributed by atoms with Crippen LogP contribution in [0.15, 0.2) is 18.2 Å². The van der Waals surface area contributed by atoms with E-state index in [1.165, 1.54) is 6.07 Å². The number of pyridine rings is 1. The Morgan fingerprint density at radius 2 is 2.14 bits per heavy atom. The molecule has 8 heteroatoms. The van der Waals surface area contributed by atoms with Crippen LogP contribution in [0.25, 0.3) is 10.9 Å². The average molecular weight is 303 g/mol. The van der Waals surface area contributed by atoms with E-state index in [-0.39, 0.29) is 11.6 Å². The van der Waals surface area contributed by atoms with Gasteiger partial charge in [0.2, 0.25) is 0 Å². The van der Waals surface area contributed by atoms with Gasteiger partial charge >= 0.3 is 0 Å². The van der Waals surface area contributed by atoms with Crippen LogP contribution in [0.2, 0.25) is 5.02 Å². The second kappa shape index (κ2) is 5.10. The average Bonchev–Trinajstić information content (AvgIpc) is 2.96. The number of aromatic nitrogens is 5. The lowest BCUT2D eigenvalue weighted by Gasteiger charge is -2.08. The summed E-state index contributed by atoms with van der Waals surface area (Å²) in [7, 11) is 0. The molecule has 0 unspecified atom stereocenters. The van der Waals surface area contributed by atoms with Crippen molar-refractivity contribution >= 4 is 34.4 Å². The van der Waals surface area contributed by atoms with Gasteiger partial charge in [-0.3, -0.25) is 10.1 Å². The highest BCUT2D eigenvalue weighted by Crippen LogP contribution is 2.27. The lowest BCUT2D eigenvalue weighted by atomic mass is 10.0. The van der Waals surface area contributed by atoms with E-state index in [4.69, 9.17) is 11.6 Å². The van der Waals surface area contributed by atoms with Crippen molar-refractivity contribution in [2.45, 2.75) is 13.8 Å². The molecule has 0 spiro atoms. The second-order valence-electron chi connectivity index (χ2n) is 4.58. The van der Waals surface area contributed by atoms with Crippen molar-refractivity contribution in [3.05, 3.63) is 40.0 Å². The number of benzene rings is 1. The van der Waals surface area contributed by atoms with E-state index in [0.717, 1.165) is 16.5 Å². The van der Waals surface area contributed by atoms with Crippen LogP contribution in [0.1, 0.15) is 21.6 Å². The molecule has 3 aromatic rings. The highest BCUT2D eigenvalue weighted by atomic mass is 35.5. The van der Waals surface area contributed by atoms with Gasteiger partial charge in [0.05, 0.1) is 10.5 Å². The third-order valence-corrected chi connectivity index (χ3v) is 3.57. The van der Waals surface area contributed by atoms with Crippen LogP contribution in [0.4, 0.5) is 5.95 Å². The molecule has 1 aromatic carbocycles. The summed E-state index contributed by atoms with van der Waals surface area (Å²) in [6.45, 7) is 3.93. The summed E-state index contributed by atoms with van der Waals surface area (Å²) >= 11 is 6.24. The number of hydrogen-bond donors (Lipinski definition) is 2. The summed E-state index contributed by atoms with van der Waals surface area (Å²) in [5.41, 5.74) is 2.98. The smallest absolute Gasteiger partial charge is 0.276 e. The van der Waals surface area contributed by atoms with E-state index < -0.39 is 5.91 Å². The van der Waals surface area contributed by atoms with E-state index in [9.17, 15) is 4.79 Å². The van der Waals surface area contributed by atoms with Crippen molar-refractivity contribution in [1.29, 1.82) is 0 Å². The predicted octanol–water partition coefficient (Wildman–Crippen LogP) is 2.27. The molecule has 0 saturated heterocycles. The van der Waals surface area contributed by atoms with E-state index in [1.54, 1.807) is 0 Å². The topological polar surface area (TPSA) is 96.5 Å². The molecular weight excluding hydrogens is 292 g/mol. The van der Waals surface area contributed by atoms with Crippen molar-refractivity contribution in [3.63, 3.8) is 0 Å². The number of hydrogen-bond acceptors (Lipinski definition) is 5. The van der Waals surface area contributed by atoms with E-state index in [1.807, 2.05) is 26.0 Å². The minimum absolute atomic E-state index is 0.0824. The van der Waals surface area contributed by atoms with Crippen LogP contribution >= 0.6 is 11.6 Å². The molecule has 0 bridgehead atoms. The monoisotopic (exact) mass is 302 g/mol. The fraction of sp³-hybridized carbons (Fsp3) is 0.154. The fourth-order valence-electron chi connectivity index (χ4n) is 1.98. The van der Waals surface area contributed by atoms with Gasteiger partial charge in [0, 0.05) is 5.39 Å². The molecule has 0 aliphatic rings. The van der Waals surface area contributed by atoms with Crippen molar-refractivity contribution in [2.24, 2.45) is 0 Å². The van der Waals surface area contributed by atoms with Crippen molar-refractivity contribution in [2.75, 3.05) is 5.32 Å². The lowest BCUT2D eigenvalue weighted by Crippen LogP contribution is -2.15. The van der Waals surface area contributed by atoms with Crippen molar-refractivity contribution in [3.8, 4) is 0 Å². The van der Waals surface area contributed by atoms with Gasteiger partial charge < -0.3 is 0 Å². The molecule has 2 heterocycles. The molecule has 0 saturated carbocycles. The summed E-state index contributed by atoms with van der Waals surface area (Å²) in [5.74, 6) is -0.361. The zero-order valence-corrected chi connectivity index (χ0v) is 12.1. The first-order valence-electron chi connectivity index (χ1n) is 6.17. The summed E-state index contributed by atoms with van der Waals surface area (Å²) in [6, 6.07) is 5.40. The molecule has 0 fully saturated rings. The third-order valence-electron chi connectivity index (χ3n) is 3.26. The normalized spacial score (nSPS) is 10.8. The van der Waals surface area contributed by atoms with Crippen LogP contribution in [0.5, 0.6) is 0 Å². The summed E-state index contributed by atoms with van der Waals surface area (Å²) in [5, 5.41) is 16.7. The Morgan fingerprint density at radius 3 is 2.86 bits per heavy atom. The van der Waals surface area contributed by atoms with E-state index in [0.29, 0.717) is 10.5 Å². The standard InChI is InChI=1S/C13H11ClN6O/c1-6-3-4-8-9(14)5-10(15-11(8)7(6)2)12(21)16-13-17-19-20-18-13/h3-5H,1-2H3,(H2,16,17,18,19,20,21). The maximum absolute atomic E-state index is 12.2. The van der Waals surface area contributed by atoms with Gasteiger partial charge in [-0.1, -0.05) is 28.8 Å². The van der Waals surface area contributed by atoms with E-state index >= 15 is 0 Å². The van der Waals surface area contributed by atoms with Crippen molar-refractivity contribution in [1.82, 2.24) is 25.6 Å².